The van der Waals surface area contributed by atoms with Crippen LogP contribution in [0.25, 0.3) is 16.5 Å². The molecule has 1 aromatic heterocycles. The third-order valence-electron chi connectivity index (χ3n) is 5.63. The van der Waals surface area contributed by atoms with E-state index in [9.17, 15) is 19.1 Å². The number of hydrogen-bond acceptors (Lipinski definition) is 5. The van der Waals surface area contributed by atoms with Crippen LogP contribution in [0.3, 0.4) is 0 Å². The van der Waals surface area contributed by atoms with Gasteiger partial charge in [-0.1, -0.05) is 24.3 Å². The lowest BCUT2D eigenvalue weighted by molar-refractivity contribution is -0.132. The summed E-state index contributed by atoms with van der Waals surface area (Å²) >= 11 is 0. The van der Waals surface area contributed by atoms with Gasteiger partial charge in [0.1, 0.15) is 17.2 Å². The number of carboxylic acid groups (broad SMARTS) is 1. The van der Waals surface area contributed by atoms with E-state index in [0.717, 1.165) is 11.1 Å². The third kappa shape index (κ3) is 5.20. The number of aryl methyl sites for hydroxylation is 1. The summed E-state index contributed by atoms with van der Waals surface area (Å²) in [6.07, 6.45) is 6.00. The topological polar surface area (TPSA) is 91.6 Å². The fourth-order valence-electron chi connectivity index (χ4n) is 3.79. The number of rotatable bonds is 7. The van der Waals surface area contributed by atoms with Crippen molar-refractivity contribution in [2.75, 3.05) is 6.54 Å². The highest BCUT2D eigenvalue weighted by atomic mass is 19.1. The van der Waals surface area contributed by atoms with Crippen LogP contribution in [-0.4, -0.2) is 17.6 Å². The van der Waals surface area contributed by atoms with Crippen molar-refractivity contribution in [1.29, 1.82) is 0 Å². The van der Waals surface area contributed by atoms with E-state index >= 15 is 0 Å². The van der Waals surface area contributed by atoms with E-state index in [1.807, 2.05) is 26.8 Å². The van der Waals surface area contributed by atoms with E-state index in [4.69, 9.17) is 4.42 Å². The molecule has 7 heteroatoms. The van der Waals surface area contributed by atoms with E-state index in [2.05, 4.69) is 17.2 Å². The fourth-order valence-corrected chi connectivity index (χ4v) is 3.79. The van der Waals surface area contributed by atoms with Crippen molar-refractivity contribution in [1.82, 2.24) is 10.6 Å². The number of carboxylic acids is 1. The Labute approximate surface area is 197 Å². The van der Waals surface area contributed by atoms with Crippen molar-refractivity contribution < 1.29 is 18.7 Å². The van der Waals surface area contributed by atoms with E-state index in [1.165, 1.54) is 19.2 Å². The van der Waals surface area contributed by atoms with Gasteiger partial charge < -0.3 is 20.2 Å². The predicted molar refractivity (Wildman–Crippen MR) is 133 cm³/mol. The molecule has 3 N–H and O–H groups in total. The van der Waals surface area contributed by atoms with Gasteiger partial charge in [-0.2, -0.15) is 0 Å². The molecule has 178 valence electrons. The SMILES string of the molecule is C=C(C)/C=C\C(NC(C)c1cc(C)cc2c(=O)c(C)c(C3=CC(F)=CNC3)oc12)=C(/C)C(=O)O. The molecule has 6 nitrogen and oxygen atoms in total. The highest BCUT2D eigenvalue weighted by Gasteiger charge is 2.21. The van der Waals surface area contributed by atoms with Crippen LogP contribution in [-0.2, 0) is 4.79 Å². The number of aliphatic carboxylic acids is 1. The molecule has 0 fully saturated rings. The maximum Gasteiger partial charge on any atom is 0.333 e. The van der Waals surface area contributed by atoms with Crippen molar-refractivity contribution >= 4 is 22.5 Å². The summed E-state index contributed by atoms with van der Waals surface area (Å²) < 4.78 is 20.1. The number of halogens is 1. The minimum atomic E-state index is -1.05. The first-order valence-corrected chi connectivity index (χ1v) is 10.9. The summed E-state index contributed by atoms with van der Waals surface area (Å²) in [7, 11) is 0. The Kier molecular flexibility index (Phi) is 7.25. The van der Waals surface area contributed by atoms with Gasteiger partial charge in [0, 0.05) is 35.1 Å². The first kappa shape index (κ1) is 24.8. The maximum absolute atomic E-state index is 13.9. The maximum atomic E-state index is 13.9. The van der Waals surface area contributed by atoms with Crippen molar-refractivity contribution in [2.24, 2.45) is 0 Å². The zero-order valence-electron chi connectivity index (χ0n) is 20.0. The molecule has 1 unspecified atom stereocenters. The van der Waals surface area contributed by atoms with Gasteiger partial charge in [-0.25, -0.2) is 9.18 Å². The Morgan fingerprint density at radius 2 is 2.00 bits per heavy atom. The molecule has 0 amide bonds. The van der Waals surface area contributed by atoms with Gasteiger partial charge in [0.2, 0.25) is 0 Å². The molecule has 0 spiro atoms. The first-order valence-electron chi connectivity index (χ1n) is 10.9. The number of allylic oxidation sites excluding steroid dienone is 5. The highest BCUT2D eigenvalue weighted by molar-refractivity contribution is 5.87. The number of carbonyl (C=O) groups is 1. The Hall–Kier alpha value is -3.87. The summed E-state index contributed by atoms with van der Waals surface area (Å²) in [5.41, 5.74) is 4.00. The minimum absolute atomic E-state index is 0.139. The predicted octanol–water partition coefficient (Wildman–Crippen LogP) is 5.35. The Morgan fingerprint density at radius 3 is 2.62 bits per heavy atom. The second kappa shape index (κ2) is 9.95. The second-order valence-corrected chi connectivity index (χ2v) is 8.59. The van der Waals surface area contributed by atoms with Crippen LogP contribution in [0.5, 0.6) is 0 Å². The molecule has 3 rings (SSSR count). The largest absolute Gasteiger partial charge is 0.478 e. The molecule has 1 atom stereocenters. The molecule has 0 radical (unpaired) electrons. The summed E-state index contributed by atoms with van der Waals surface area (Å²) in [5, 5.41) is 16.0. The molecule has 0 bridgehead atoms. The molecule has 0 saturated heterocycles. The number of benzene rings is 1. The molecule has 0 aliphatic carbocycles. The molecule has 1 aromatic carbocycles. The van der Waals surface area contributed by atoms with Crippen LogP contribution in [0.2, 0.25) is 0 Å². The van der Waals surface area contributed by atoms with Gasteiger partial charge in [0.15, 0.2) is 5.43 Å². The number of hydrogen-bond donors (Lipinski definition) is 3. The molecule has 2 aromatic rings. The zero-order valence-corrected chi connectivity index (χ0v) is 20.0. The average Bonchev–Trinajstić information content (AvgIpc) is 2.78. The normalized spacial score (nSPS) is 15.4. The number of fused-ring (bicyclic) bond motifs is 1. The smallest absolute Gasteiger partial charge is 0.333 e. The van der Waals surface area contributed by atoms with Gasteiger partial charge in [0.05, 0.1) is 17.0 Å². The van der Waals surface area contributed by atoms with Crippen LogP contribution in [0.15, 0.2) is 75.0 Å². The summed E-state index contributed by atoms with van der Waals surface area (Å²) in [4.78, 5) is 24.9. The average molecular weight is 465 g/mol. The van der Waals surface area contributed by atoms with Crippen molar-refractivity contribution in [3.8, 4) is 0 Å². The van der Waals surface area contributed by atoms with Crippen LogP contribution in [0.1, 0.15) is 49.3 Å². The van der Waals surface area contributed by atoms with Crippen LogP contribution >= 0.6 is 0 Å². The molecular weight excluding hydrogens is 435 g/mol. The van der Waals surface area contributed by atoms with Gasteiger partial charge in [-0.05, 0) is 58.4 Å². The van der Waals surface area contributed by atoms with Gasteiger partial charge >= 0.3 is 5.97 Å². The van der Waals surface area contributed by atoms with Gasteiger partial charge in [0.25, 0.3) is 0 Å². The molecule has 1 aliphatic heterocycles. The monoisotopic (exact) mass is 464 g/mol. The first-order chi connectivity index (χ1) is 16.0. The second-order valence-electron chi connectivity index (χ2n) is 8.59. The fraction of sp³-hybridized carbons (Fsp3) is 0.259. The number of dihydropyridines is 1. The lowest BCUT2D eigenvalue weighted by Gasteiger charge is -2.21. The van der Waals surface area contributed by atoms with E-state index < -0.39 is 17.8 Å². The van der Waals surface area contributed by atoms with E-state index in [0.29, 0.717) is 45.7 Å². The molecule has 2 heterocycles. The van der Waals surface area contributed by atoms with Crippen LogP contribution in [0.4, 0.5) is 4.39 Å². The van der Waals surface area contributed by atoms with Gasteiger partial charge in [-0.3, -0.25) is 4.79 Å². The minimum Gasteiger partial charge on any atom is -0.478 e. The van der Waals surface area contributed by atoms with Crippen LogP contribution < -0.4 is 16.1 Å². The quantitative estimate of drug-likeness (QED) is 0.378. The van der Waals surface area contributed by atoms with Gasteiger partial charge in [-0.15, -0.1) is 0 Å². The highest BCUT2D eigenvalue weighted by Crippen LogP contribution is 2.30. The van der Waals surface area contributed by atoms with Crippen molar-refractivity contribution in [2.45, 2.75) is 40.7 Å². The van der Waals surface area contributed by atoms with Crippen molar-refractivity contribution in [3.63, 3.8) is 0 Å². The Morgan fingerprint density at radius 1 is 1.29 bits per heavy atom. The van der Waals surface area contributed by atoms with E-state index in [-0.39, 0.29) is 11.0 Å². The molecule has 34 heavy (non-hydrogen) atoms. The molecule has 1 aliphatic rings. The molecular formula is C27H29FN2O4. The summed E-state index contributed by atoms with van der Waals surface area (Å²) in [5.74, 6) is -1.18. The standard InChI is InChI=1S/C27H29FN2O4/c1-14(2)7-8-23(16(4)27(32)33)30-18(6)21-9-15(3)10-22-24(31)17(5)25(34-26(21)22)19-11-20(28)13-29-12-19/h7-11,13,18,29-30H,1,12H2,2-6H3,(H,32,33)/b8-7-,23-16-. The Balaban J connectivity index is 2.19. The van der Waals surface area contributed by atoms with E-state index in [1.54, 1.807) is 25.1 Å². The zero-order chi connectivity index (χ0) is 25.2. The number of nitrogens with one attached hydrogen (secondary N) is 2. The molecule has 0 saturated carbocycles. The lowest BCUT2D eigenvalue weighted by Crippen LogP contribution is -2.22. The third-order valence-corrected chi connectivity index (χ3v) is 5.63. The lowest BCUT2D eigenvalue weighted by atomic mass is 9.98. The Bertz CT molecular complexity index is 1360. The summed E-state index contributed by atoms with van der Waals surface area (Å²) in [6.45, 7) is 12.9. The van der Waals surface area contributed by atoms with Crippen molar-refractivity contribution in [3.05, 3.63) is 98.5 Å². The van der Waals surface area contributed by atoms with Crippen LogP contribution in [0, 0.1) is 13.8 Å². The summed E-state index contributed by atoms with van der Waals surface area (Å²) in [6, 6.07) is 3.25.